The van der Waals surface area contributed by atoms with Gasteiger partial charge in [0, 0.05) is 22.4 Å². The Hall–Kier alpha value is -1.01. The van der Waals surface area contributed by atoms with Gasteiger partial charge in [0.1, 0.15) is 5.60 Å². The minimum absolute atomic E-state index is 0.0389. The van der Waals surface area contributed by atoms with E-state index in [2.05, 4.69) is 38.2 Å². The minimum Gasteiger partial charge on any atom is -0.444 e. The highest BCUT2D eigenvalue weighted by Gasteiger charge is 2.55. The van der Waals surface area contributed by atoms with Crippen LogP contribution in [0.5, 0.6) is 0 Å². The molecule has 3 saturated carbocycles. The summed E-state index contributed by atoms with van der Waals surface area (Å²) in [7, 11) is 0. The van der Waals surface area contributed by atoms with Gasteiger partial charge in [0.05, 0.1) is 11.6 Å². The first-order chi connectivity index (χ1) is 10.6. The summed E-state index contributed by atoms with van der Waals surface area (Å²) in [5.74, 6) is 0. The standard InChI is InChI=1S/C17H25BrN2O3/c1-15(2,3)23-14(22)19-17-7-5-16(6-8-17,10-13(17)21)20-9-4-12(18)11-20/h4,9,11,13,21H,5-8,10H2,1-3H3,(H,19,22)/t13-,16?,17?/m1/s1. The Bertz CT molecular complexity index is 597. The summed E-state index contributed by atoms with van der Waals surface area (Å²) in [6.45, 7) is 5.53. The van der Waals surface area contributed by atoms with E-state index in [-0.39, 0.29) is 5.54 Å². The molecule has 0 saturated heterocycles. The second-order valence-corrected chi connectivity index (χ2v) is 8.88. The van der Waals surface area contributed by atoms with Crippen molar-refractivity contribution >= 4 is 22.0 Å². The number of aliphatic hydroxyl groups is 1. The van der Waals surface area contributed by atoms with E-state index in [4.69, 9.17) is 4.74 Å². The van der Waals surface area contributed by atoms with Gasteiger partial charge in [-0.25, -0.2) is 4.79 Å². The third-order valence-electron chi connectivity index (χ3n) is 5.24. The first-order valence-electron chi connectivity index (χ1n) is 8.17. The molecule has 4 rings (SSSR count). The van der Waals surface area contributed by atoms with Crippen molar-refractivity contribution in [3.63, 3.8) is 0 Å². The fourth-order valence-electron chi connectivity index (χ4n) is 4.00. The number of aromatic nitrogens is 1. The number of halogens is 1. The molecule has 128 valence electrons. The summed E-state index contributed by atoms with van der Waals surface area (Å²) in [6.07, 6.45) is 7.23. The average Bonchev–Trinajstić information content (AvgIpc) is 2.86. The number of aliphatic hydroxyl groups excluding tert-OH is 1. The van der Waals surface area contributed by atoms with Crippen molar-refractivity contribution in [2.45, 2.75) is 75.7 Å². The van der Waals surface area contributed by atoms with Crippen LogP contribution < -0.4 is 5.32 Å². The van der Waals surface area contributed by atoms with Gasteiger partial charge in [-0.1, -0.05) is 0 Å². The van der Waals surface area contributed by atoms with Gasteiger partial charge in [0.25, 0.3) is 0 Å². The molecule has 5 nitrogen and oxygen atoms in total. The number of hydrogen-bond acceptors (Lipinski definition) is 3. The third-order valence-corrected chi connectivity index (χ3v) is 5.71. The molecule has 0 unspecified atom stereocenters. The van der Waals surface area contributed by atoms with Gasteiger partial charge >= 0.3 is 6.09 Å². The molecule has 1 aromatic heterocycles. The van der Waals surface area contributed by atoms with Gasteiger partial charge in [-0.3, -0.25) is 0 Å². The number of alkyl carbamates (subject to hydrolysis) is 1. The quantitative estimate of drug-likeness (QED) is 0.819. The van der Waals surface area contributed by atoms with E-state index in [1.54, 1.807) is 0 Å². The Labute approximate surface area is 145 Å². The molecule has 3 aliphatic carbocycles. The van der Waals surface area contributed by atoms with E-state index in [9.17, 15) is 9.90 Å². The van der Waals surface area contributed by atoms with Crippen LogP contribution in [-0.4, -0.2) is 33.0 Å². The van der Waals surface area contributed by atoms with Crippen LogP contribution in [0.2, 0.25) is 0 Å². The molecule has 0 radical (unpaired) electrons. The highest BCUT2D eigenvalue weighted by Crippen LogP contribution is 2.51. The maximum absolute atomic E-state index is 12.2. The first kappa shape index (κ1) is 16.8. The normalized spacial score (nSPS) is 33.5. The molecular weight excluding hydrogens is 360 g/mol. The van der Waals surface area contributed by atoms with Gasteiger partial charge < -0.3 is 19.7 Å². The van der Waals surface area contributed by atoms with Gasteiger partial charge in [-0.05, 0) is 74.9 Å². The van der Waals surface area contributed by atoms with Gasteiger partial charge in [-0.2, -0.15) is 0 Å². The highest BCUT2D eigenvalue weighted by molar-refractivity contribution is 9.10. The molecule has 6 heteroatoms. The summed E-state index contributed by atoms with van der Waals surface area (Å²) in [4.78, 5) is 12.2. The SMILES string of the molecule is CC(C)(C)OC(=O)NC12CCC(n3ccc(Br)c3)(CC1)C[C@H]2O. The van der Waals surface area contributed by atoms with Crippen molar-refractivity contribution in [3.05, 3.63) is 22.9 Å². The number of nitrogens with zero attached hydrogens (tertiary/aromatic N) is 1. The Morgan fingerprint density at radius 3 is 2.52 bits per heavy atom. The van der Waals surface area contributed by atoms with Crippen LogP contribution in [0.1, 0.15) is 52.9 Å². The predicted octanol–water partition coefficient (Wildman–Crippen LogP) is 3.55. The van der Waals surface area contributed by atoms with Crippen LogP contribution in [0, 0.1) is 0 Å². The van der Waals surface area contributed by atoms with Crippen molar-refractivity contribution < 1.29 is 14.6 Å². The molecule has 0 spiro atoms. The number of carbonyl (C=O) groups is 1. The molecular formula is C17H25BrN2O3. The van der Waals surface area contributed by atoms with Crippen LogP contribution in [-0.2, 0) is 10.3 Å². The number of nitrogens with one attached hydrogen (secondary N) is 1. The summed E-state index contributed by atoms with van der Waals surface area (Å²) >= 11 is 3.49. The lowest BCUT2D eigenvalue weighted by molar-refractivity contribution is -0.0789. The summed E-state index contributed by atoms with van der Waals surface area (Å²) in [5.41, 5.74) is -1.12. The number of amides is 1. The minimum atomic E-state index is -0.557. The average molecular weight is 385 g/mol. The fraction of sp³-hybridized carbons (Fsp3) is 0.706. The van der Waals surface area contributed by atoms with E-state index in [1.165, 1.54) is 0 Å². The maximum Gasteiger partial charge on any atom is 0.408 e. The molecule has 1 amide bonds. The number of ether oxygens (including phenoxy) is 1. The molecule has 1 atom stereocenters. The topological polar surface area (TPSA) is 63.5 Å². The fourth-order valence-corrected chi connectivity index (χ4v) is 4.34. The lowest BCUT2D eigenvalue weighted by Crippen LogP contribution is -2.66. The molecule has 3 aliphatic rings. The van der Waals surface area contributed by atoms with Crippen LogP contribution in [0.4, 0.5) is 4.79 Å². The maximum atomic E-state index is 12.2. The van der Waals surface area contributed by atoms with Crippen molar-refractivity contribution in [2.24, 2.45) is 0 Å². The van der Waals surface area contributed by atoms with Gasteiger partial charge in [-0.15, -0.1) is 0 Å². The second kappa shape index (κ2) is 5.52. The molecule has 1 heterocycles. The van der Waals surface area contributed by atoms with Crippen LogP contribution >= 0.6 is 15.9 Å². The lowest BCUT2D eigenvalue weighted by Gasteiger charge is -2.56. The Kier molecular flexibility index (Phi) is 4.04. The third kappa shape index (κ3) is 3.15. The van der Waals surface area contributed by atoms with Gasteiger partial charge in [0.2, 0.25) is 0 Å². The van der Waals surface area contributed by atoms with Crippen LogP contribution in [0.3, 0.4) is 0 Å². The first-order valence-corrected chi connectivity index (χ1v) is 8.97. The molecule has 3 fully saturated rings. The molecule has 23 heavy (non-hydrogen) atoms. The zero-order chi connectivity index (χ0) is 16.9. The number of hydrogen-bond donors (Lipinski definition) is 2. The molecule has 0 aromatic carbocycles. The monoisotopic (exact) mass is 384 g/mol. The summed E-state index contributed by atoms with van der Waals surface area (Å²) < 4.78 is 8.64. The summed E-state index contributed by atoms with van der Waals surface area (Å²) in [5, 5.41) is 13.7. The second-order valence-electron chi connectivity index (χ2n) is 7.96. The Morgan fingerprint density at radius 2 is 2.04 bits per heavy atom. The molecule has 2 N–H and O–H groups in total. The molecule has 1 aromatic rings. The van der Waals surface area contributed by atoms with Crippen LogP contribution in [0.15, 0.2) is 22.9 Å². The Balaban J connectivity index is 1.74. The largest absolute Gasteiger partial charge is 0.444 e. The van der Waals surface area contributed by atoms with E-state index < -0.39 is 23.3 Å². The number of fused-ring (bicyclic) bond motifs is 3. The predicted molar refractivity (Wildman–Crippen MR) is 91.3 cm³/mol. The zero-order valence-corrected chi connectivity index (χ0v) is 15.5. The van der Waals surface area contributed by atoms with Crippen molar-refractivity contribution in [1.29, 1.82) is 0 Å². The number of carbonyl (C=O) groups excluding carboxylic acids is 1. The van der Waals surface area contributed by atoms with Crippen molar-refractivity contribution in [3.8, 4) is 0 Å². The van der Waals surface area contributed by atoms with Crippen molar-refractivity contribution in [1.82, 2.24) is 9.88 Å². The van der Waals surface area contributed by atoms with E-state index in [1.807, 2.05) is 26.8 Å². The highest BCUT2D eigenvalue weighted by atomic mass is 79.9. The number of rotatable bonds is 2. The van der Waals surface area contributed by atoms with Gasteiger partial charge in [0.15, 0.2) is 0 Å². The van der Waals surface area contributed by atoms with Crippen LogP contribution in [0.25, 0.3) is 0 Å². The zero-order valence-electron chi connectivity index (χ0n) is 13.9. The molecule has 2 bridgehead atoms. The van der Waals surface area contributed by atoms with E-state index >= 15 is 0 Å². The summed E-state index contributed by atoms with van der Waals surface area (Å²) in [6, 6.07) is 2.02. The van der Waals surface area contributed by atoms with E-state index in [0.717, 1.165) is 30.2 Å². The lowest BCUT2D eigenvalue weighted by atomic mass is 9.60. The Morgan fingerprint density at radius 1 is 1.39 bits per heavy atom. The van der Waals surface area contributed by atoms with E-state index in [0.29, 0.717) is 6.42 Å². The smallest absolute Gasteiger partial charge is 0.408 e. The molecule has 0 aliphatic heterocycles. The van der Waals surface area contributed by atoms with Crippen molar-refractivity contribution in [2.75, 3.05) is 0 Å².